The molecule has 0 aromatic heterocycles. The Morgan fingerprint density at radius 3 is 0.965 bits per heavy atom. The van der Waals surface area contributed by atoms with Gasteiger partial charge in [0.15, 0.2) is 0 Å². The molecule has 4 aromatic rings. The van der Waals surface area contributed by atoms with E-state index in [9.17, 15) is 0 Å². The number of ether oxygens (including phenoxy) is 2. The number of benzene rings is 4. The highest BCUT2D eigenvalue weighted by molar-refractivity contribution is 9.11. The smallest absolute Gasteiger partial charge is 0.147 e. The summed E-state index contributed by atoms with van der Waals surface area (Å²) >= 11 is 15.5. The Balaban J connectivity index is 1.40. The summed E-state index contributed by atoms with van der Waals surface area (Å²) in [6.45, 7) is 35.8. The first kappa shape index (κ1) is 49.4. The standard InChI is InChI=1S/C45H68Br4O2Si6/c1-45(2,31-21-39(46)43(40(47)22-31)50-17-15-19-56(11,12)37-27-33(52(3)4)25-34(28-37)53(5)6)32-23-41(48)44(42(49)24-32)51-18-16-20-57(13,14)38-29-35(54(7)8)26-36(30-38)55(9)10/h21-30,52-55H,15-20H2,1-14H3. The molecule has 4 aromatic carbocycles. The van der Waals surface area contributed by atoms with Crippen LogP contribution < -0.4 is 40.6 Å². The van der Waals surface area contributed by atoms with Crippen molar-refractivity contribution in [2.45, 2.75) is 123 Å². The molecular weight excluding hydrogens is 1060 g/mol. The van der Waals surface area contributed by atoms with E-state index in [4.69, 9.17) is 9.47 Å². The Hall–Kier alpha value is -0.299. The van der Waals surface area contributed by atoms with Crippen LogP contribution in [0.15, 0.2) is 78.6 Å². The highest BCUT2D eigenvalue weighted by Gasteiger charge is 2.29. The minimum absolute atomic E-state index is 0.269. The lowest BCUT2D eigenvalue weighted by Gasteiger charge is -2.29. The molecule has 0 N–H and O–H groups in total. The van der Waals surface area contributed by atoms with Crippen molar-refractivity contribution in [2.24, 2.45) is 0 Å². The molecule has 4 rings (SSSR count). The van der Waals surface area contributed by atoms with Crippen LogP contribution in [0.2, 0.25) is 90.7 Å². The lowest BCUT2D eigenvalue weighted by Crippen LogP contribution is -2.47. The summed E-state index contributed by atoms with van der Waals surface area (Å²) < 4.78 is 16.9. The molecule has 0 heterocycles. The van der Waals surface area contributed by atoms with Crippen LogP contribution in [0.1, 0.15) is 37.8 Å². The fraction of sp³-hybridized carbons (Fsp3) is 0.467. The van der Waals surface area contributed by atoms with Crippen LogP contribution in [0.25, 0.3) is 0 Å². The first-order valence-corrected chi connectivity index (χ1v) is 42.1. The van der Waals surface area contributed by atoms with Crippen molar-refractivity contribution in [3.05, 3.63) is 89.7 Å². The molecule has 12 heteroatoms. The molecule has 312 valence electrons. The van der Waals surface area contributed by atoms with Gasteiger partial charge in [0.25, 0.3) is 0 Å². The van der Waals surface area contributed by atoms with Gasteiger partial charge in [0.05, 0.1) is 82.4 Å². The Morgan fingerprint density at radius 2 is 0.719 bits per heavy atom. The Bertz CT molecular complexity index is 1770. The van der Waals surface area contributed by atoms with Crippen molar-refractivity contribution < 1.29 is 9.47 Å². The third-order valence-corrected chi connectivity index (χ3v) is 27.9. The molecule has 2 nitrogen and oxygen atoms in total. The van der Waals surface area contributed by atoms with Gasteiger partial charge in [-0.3, -0.25) is 0 Å². The Labute approximate surface area is 389 Å². The quantitative estimate of drug-likeness (QED) is 0.0730. The molecule has 0 spiro atoms. The van der Waals surface area contributed by atoms with Crippen molar-refractivity contribution in [3.63, 3.8) is 0 Å². The first-order chi connectivity index (χ1) is 26.4. The molecule has 0 atom stereocenters. The number of hydrogen-bond acceptors (Lipinski definition) is 2. The molecule has 0 aliphatic carbocycles. The summed E-state index contributed by atoms with van der Waals surface area (Å²) in [5, 5.41) is 9.82. The third-order valence-electron chi connectivity index (χ3n) is 12.0. The van der Waals surface area contributed by atoms with Crippen LogP contribution in [0.3, 0.4) is 0 Å². The summed E-state index contributed by atoms with van der Waals surface area (Å²) in [5.41, 5.74) is 2.13. The lowest BCUT2D eigenvalue weighted by molar-refractivity contribution is 0.312. The fourth-order valence-electron chi connectivity index (χ4n) is 7.42. The maximum Gasteiger partial charge on any atom is 0.147 e. The molecule has 0 saturated heterocycles. The van der Waals surface area contributed by atoms with Crippen molar-refractivity contribution >= 4 is 146 Å². The van der Waals surface area contributed by atoms with Gasteiger partial charge in [0.2, 0.25) is 0 Å². The second-order valence-corrected chi connectivity index (χ2v) is 44.2. The molecule has 0 radical (unpaired) electrons. The lowest BCUT2D eigenvalue weighted by atomic mass is 9.78. The molecule has 0 aliphatic rings. The van der Waals surface area contributed by atoms with Crippen LogP contribution >= 0.6 is 63.7 Å². The number of rotatable bonds is 18. The van der Waals surface area contributed by atoms with Crippen LogP contribution in [-0.2, 0) is 5.41 Å². The van der Waals surface area contributed by atoms with E-state index in [1.807, 2.05) is 0 Å². The Kier molecular flexibility index (Phi) is 17.9. The van der Waals surface area contributed by atoms with Crippen LogP contribution in [0.4, 0.5) is 0 Å². The molecule has 0 aliphatic heterocycles. The van der Waals surface area contributed by atoms with Gasteiger partial charge in [-0.2, -0.15) is 0 Å². The summed E-state index contributed by atoms with van der Waals surface area (Å²) in [4.78, 5) is 0. The molecule has 0 unspecified atom stereocenters. The zero-order chi connectivity index (χ0) is 42.6. The fourth-order valence-corrected chi connectivity index (χ4v) is 20.3. The minimum atomic E-state index is -1.60. The van der Waals surface area contributed by atoms with Crippen LogP contribution in [0.5, 0.6) is 11.5 Å². The van der Waals surface area contributed by atoms with E-state index >= 15 is 0 Å². The van der Waals surface area contributed by atoms with E-state index in [1.165, 1.54) is 23.2 Å². The normalized spacial score (nSPS) is 12.7. The monoisotopic (exact) mass is 1120 g/mol. The average Bonchev–Trinajstić information content (AvgIpc) is 3.12. The average molecular weight is 1130 g/mol. The Morgan fingerprint density at radius 1 is 0.456 bits per heavy atom. The maximum absolute atomic E-state index is 6.49. The van der Waals surface area contributed by atoms with Gasteiger partial charge in [0.1, 0.15) is 11.5 Å². The van der Waals surface area contributed by atoms with E-state index < -0.39 is 51.3 Å². The van der Waals surface area contributed by atoms with Gasteiger partial charge in [0, 0.05) is 5.41 Å². The van der Waals surface area contributed by atoms with Crippen molar-refractivity contribution in [2.75, 3.05) is 13.2 Å². The minimum Gasteiger partial charge on any atom is -0.491 e. The van der Waals surface area contributed by atoms with Crippen LogP contribution in [-0.4, -0.2) is 64.5 Å². The van der Waals surface area contributed by atoms with Crippen molar-refractivity contribution in [1.29, 1.82) is 0 Å². The third kappa shape index (κ3) is 12.9. The highest BCUT2D eigenvalue weighted by atomic mass is 79.9. The van der Waals surface area contributed by atoms with Crippen molar-refractivity contribution in [1.82, 2.24) is 0 Å². The van der Waals surface area contributed by atoms with E-state index in [0.717, 1.165) is 42.2 Å². The zero-order valence-electron chi connectivity index (χ0n) is 37.2. The SMILES string of the molecule is C[SiH](C)c1cc([SiH](C)C)cc([Si](C)(C)CCCOc2c(Br)cc(C(C)(C)c3cc(Br)c(OCCC[Si](C)(C)c4cc([SiH](C)C)cc([SiH](C)C)c4)c(Br)c3)cc2Br)c1. The molecule has 0 fully saturated rings. The van der Waals surface area contributed by atoms with Gasteiger partial charge in [-0.05, 0) is 112 Å². The van der Waals surface area contributed by atoms with Gasteiger partial charge in [-0.25, -0.2) is 0 Å². The highest BCUT2D eigenvalue weighted by Crippen LogP contribution is 2.44. The number of hydrogen-bond donors (Lipinski definition) is 0. The molecule has 0 amide bonds. The summed E-state index contributed by atoms with van der Waals surface area (Å²) in [6, 6.07) is 26.7. The largest absolute Gasteiger partial charge is 0.491 e. The summed E-state index contributed by atoms with van der Waals surface area (Å²) in [7, 11) is -6.60. The van der Waals surface area contributed by atoms with E-state index in [1.54, 1.807) is 31.1 Å². The molecule has 0 bridgehead atoms. The van der Waals surface area contributed by atoms with E-state index in [0.29, 0.717) is 13.2 Å². The predicted molar refractivity (Wildman–Crippen MR) is 287 cm³/mol. The van der Waals surface area contributed by atoms with Gasteiger partial charge < -0.3 is 9.47 Å². The molecular formula is C45H68Br4O2Si6. The topological polar surface area (TPSA) is 18.5 Å². The van der Waals surface area contributed by atoms with Gasteiger partial charge >= 0.3 is 0 Å². The van der Waals surface area contributed by atoms with Gasteiger partial charge in [-0.15, -0.1) is 0 Å². The first-order valence-electron chi connectivity index (χ1n) is 21.0. The molecule has 57 heavy (non-hydrogen) atoms. The molecule has 0 saturated carbocycles. The van der Waals surface area contributed by atoms with Crippen LogP contribution in [0, 0.1) is 0 Å². The maximum atomic E-state index is 6.49. The summed E-state index contributed by atoms with van der Waals surface area (Å²) in [5.74, 6) is 1.76. The predicted octanol–water partition coefficient (Wildman–Crippen LogP) is 10.6. The van der Waals surface area contributed by atoms with E-state index in [2.05, 4.69) is 217 Å². The number of halogens is 4. The van der Waals surface area contributed by atoms with Crippen molar-refractivity contribution in [3.8, 4) is 11.5 Å². The van der Waals surface area contributed by atoms with Gasteiger partial charge in [-0.1, -0.05) is 172 Å². The summed E-state index contributed by atoms with van der Waals surface area (Å²) in [6.07, 6.45) is 2.10. The van der Waals surface area contributed by atoms with E-state index in [-0.39, 0.29) is 5.41 Å². The second-order valence-electron chi connectivity index (χ2n) is 19.2. The zero-order valence-corrected chi connectivity index (χ0v) is 50.1. The second kappa shape index (κ2) is 20.7.